The molecule has 0 aliphatic rings. The molecule has 0 heterocycles. The molecule has 1 amide bonds. The third-order valence-corrected chi connectivity index (χ3v) is 5.43. The van der Waals surface area contributed by atoms with Gasteiger partial charge in [-0.2, -0.15) is 4.31 Å². The summed E-state index contributed by atoms with van der Waals surface area (Å²) in [6.45, 7) is 4.79. The number of likely N-dealkylation sites (N-methyl/N-ethyl adjacent to an activating group) is 1. The highest BCUT2D eigenvalue weighted by Gasteiger charge is 2.25. The maximum atomic E-state index is 12.0. The van der Waals surface area contributed by atoms with E-state index in [4.69, 9.17) is 0 Å². The van der Waals surface area contributed by atoms with Gasteiger partial charge in [-0.05, 0) is 37.5 Å². The number of carbonyl (C=O) groups is 2. The lowest BCUT2D eigenvalue weighted by atomic mass is 10.0. The van der Waals surface area contributed by atoms with Crippen LogP contribution in [0, 0.1) is 13.8 Å². The van der Waals surface area contributed by atoms with Crippen molar-refractivity contribution in [3.63, 3.8) is 0 Å². The molecule has 8 heteroatoms. The summed E-state index contributed by atoms with van der Waals surface area (Å²) in [6.07, 6.45) is 0. The maximum absolute atomic E-state index is 12.0. The third-order valence-electron chi connectivity index (χ3n) is 3.62. The topological polar surface area (TPSA) is 104 Å². The van der Waals surface area contributed by atoms with Crippen LogP contribution in [0.4, 0.5) is 0 Å². The van der Waals surface area contributed by atoms with Gasteiger partial charge in [-0.25, -0.2) is 13.2 Å². The van der Waals surface area contributed by atoms with Gasteiger partial charge in [0, 0.05) is 7.05 Å². The summed E-state index contributed by atoms with van der Waals surface area (Å²) in [6, 6.07) is 3.88. The van der Waals surface area contributed by atoms with Crippen LogP contribution >= 0.6 is 0 Å². The smallest absolute Gasteiger partial charge is 0.330 e. The van der Waals surface area contributed by atoms with Gasteiger partial charge in [-0.15, -0.1) is 0 Å². The van der Waals surface area contributed by atoms with E-state index < -0.39 is 34.5 Å². The molecule has 0 aromatic heterocycles. The van der Waals surface area contributed by atoms with Crippen molar-refractivity contribution in [3.8, 4) is 0 Å². The number of aryl methyl sites for hydroxylation is 2. The number of nitrogens with one attached hydrogen (secondary N) is 1. The van der Waals surface area contributed by atoms with Crippen LogP contribution in [0.5, 0.6) is 0 Å². The average Bonchev–Trinajstić information content (AvgIpc) is 2.47. The largest absolute Gasteiger partial charge is 0.479 e. The van der Waals surface area contributed by atoms with Gasteiger partial charge in [0.25, 0.3) is 0 Å². The van der Waals surface area contributed by atoms with Gasteiger partial charge >= 0.3 is 5.97 Å². The van der Waals surface area contributed by atoms with Crippen LogP contribution < -0.4 is 5.32 Å². The van der Waals surface area contributed by atoms with E-state index in [9.17, 15) is 23.1 Å². The molecule has 0 radical (unpaired) electrons. The van der Waals surface area contributed by atoms with E-state index in [0.717, 1.165) is 15.4 Å². The molecule has 0 saturated heterocycles. The predicted octanol–water partition coefficient (Wildman–Crippen LogP) is 0.827. The van der Waals surface area contributed by atoms with Crippen molar-refractivity contribution in [3.05, 3.63) is 34.9 Å². The van der Waals surface area contributed by atoms with E-state index in [1.54, 1.807) is 18.2 Å². The van der Waals surface area contributed by atoms with E-state index in [2.05, 4.69) is 5.32 Å². The fraction of sp³-hybridized carbons (Fsp3) is 0.467. The zero-order chi connectivity index (χ0) is 17.8. The van der Waals surface area contributed by atoms with E-state index in [1.807, 2.05) is 13.8 Å². The Kier molecular flexibility index (Phi) is 6.28. The van der Waals surface area contributed by atoms with Crippen LogP contribution in [0.3, 0.4) is 0 Å². The molecule has 1 aromatic carbocycles. The number of hydrogen-bond donors (Lipinski definition) is 2. The molecule has 0 aliphatic carbocycles. The van der Waals surface area contributed by atoms with Crippen molar-refractivity contribution in [2.45, 2.75) is 26.8 Å². The molecule has 23 heavy (non-hydrogen) atoms. The van der Waals surface area contributed by atoms with E-state index in [-0.39, 0.29) is 5.75 Å². The van der Waals surface area contributed by atoms with Gasteiger partial charge in [-0.3, -0.25) is 4.79 Å². The minimum Gasteiger partial charge on any atom is -0.479 e. The summed E-state index contributed by atoms with van der Waals surface area (Å²) in [7, 11) is -2.22. The minimum absolute atomic E-state index is 0.129. The number of aliphatic carboxylic acids is 1. The Labute approximate surface area is 136 Å². The first-order valence-electron chi connectivity index (χ1n) is 7.11. The number of carboxylic acid groups (broad SMARTS) is 1. The van der Waals surface area contributed by atoms with Crippen molar-refractivity contribution in [1.82, 2.24) is 9.62 Å². The number of nitrogens with zero attached hydrogens (tertiary/aromatic N) is 1. The standard InChI is InChI=1S/C15H22N2O5S/c1-5-23(21,22)17(4)9-13(18)16-14(15(19)20)12-7-6-10(2)11(3)8-12/h6-8,14H,5,9H2,1-4H3,(H,16,18)(H,19,20). The number of carboxylic acids is 1. The Morgan fingerprint density at radius 3 is 2.35 bits per heavy atom. The second kappa shape index (κ2) is 7.56. The number of carbonyl (C=O) groups excluding carboxylic acids is 1. The average molecular weight is 342 g/mol. The monoisotopic (exact) mass is 342 g/mol. The molecule has 1 unspecified atom stereocenters. The number of amides is 1. The van der Waals surface area contributed by atoms with Crippen LogP contribution in [-0.4, -0.2) is 49.1 Å². The molecule has 7 nitrogen and oxygen atoms in total. The first kappa shape index (κ1) is 19.1. The van der Waals surface area contributed by atoms with Gasteiger partial charge in [0.05, 0.1) is 12.3 Å². The molecule has 0 saturated carbocycles. The molecule has 0 bridgehead atoms. The summed E-state index contributed by atoms with van der Waals surface area (Å²) in [5.41, 5.74) is 2.36. The van der Waals surface area contributed by atoms with E-state index >= 15 is 0 Å². The molecular weight excluding hydrogens is 320 g/mol. The number of sulfonamides is 1. The normalized spacial score (nSPS) is 12.9. The molecule has 0 fully saturated rings. The maximum Gasteiger partial charge on any atom is 0.330 e. The zero-order valence-corrected chi connectivity index (χ0v) is 14.5. The fourth-order valence-electron chi connectivity index (χ4n) is 1.96. The summed E-state index contributed by atoms with van der Waals surface area (Å²) >= 11 is 0. The summed E-state index contributed by atoms with van der Waals surface area (Å²) in [5.74, 6) is -2.01. The summed E-state index contributed by atoms with van der Waals surface area (Å²) < 4.78 is 24.2. The highest BCUT2D eigenvalue weighted by molar-refractivity contribution is 7.89. The highest BCUT2D eigenvalue weighted by atomic mass is 32.2. The van der Waals surface area contributed by atoms with Gasteiger partial charge in [0.1, 0.15) is 0 Å². The second-order valence-corrected chi connectivity index (χ2v) is 7.70. The lowest BCUT2D eigenvalue weighted by Gasteiger charge is -2.19. The highest BCUT2D eigenvalue weighted by Crippen LogP contribution is 2.17. The summed E-state index contributed by atoms with van der Waals surface area (Å²) in [4.78, 5) is 23.4. The Balaban J connectivity index is 2.90. The quantitative estimate of drug-likeness (QED) is 0.764. The van der Waals surface area contributed by atoms with Gasteiger partial charge in [0.2, 0.25) is 15.9 Å². The first-order valence-corrected chi connectivity index (χ1v) is 8.72. The molecule has 1 aromatic rings. The Morgan fingerprint density at radius 2 is 1.87 bits per heavy atom. The third kappa shape index (κ3) is 5.04. The SMILES string of the molecule is CCS(=O)(=O)N(C)CC(=O)NC(C(=O)O)c1ccc(C)c(C)c1. The van der Waals surface area contributed by atoms with Crippen LogP contribution in [0.25, 0.3) is 0 Å². The van der Waals surface area contributed by atoms with Crippen LogP contribution in [0.2, 0.25) is 0 Å². The first-order chi connectivity index (χ1) is 10.6. The molecule has 128 valence electrons. The molecule has 1 atom stereocenters. The lowest BCUT2D eigenvalue weighted by Crippen LogP contribution is -2.42. The Bertz CT molecular complexity index is 700. The lowest BCUT2D eigenvalue weighted by molar-refractivity contribution is -0.142. The van der Waals surface area contributed by atoms with E-state index in [0.29, 0.717) is 5.56 Å². The van der Waals surface area contributed by atoms with Crippen LogP contribution in [0.1, 0.15) is 29.7 Å². The van der Waals surface area contributed by atoms with Gasteiger partial charge in [-0.1, -0.05) is 18.2 Å². The van der Waals surface area contributed by atoms with Gasteiger partial charge in [0.15, 0.2) is 6.04 Å². The molecular formula is C15H22N2O5S. The summed E-state index contributed by atoms with van der Waals surface area (Å²) in [5, 5.41) is 11.7. The fourth-order valence-corrected chi connectivity index (χ4v) is 2.71. The number of hydrogen-bond acceptors (Lipinski definition) is 4. The number of benzene rings is 1. The van der Waals surface area contributed by atoms with Crippen LogP contribution in [-0.2, 0) is 19.6 Å². The molecule has 0 aliphatic heterocycles. The zero-order valence-electron chi connectivity index (χ0n) is 13.7. The minimum atomic E-state index is -3.50. The van der Waals surface area contributed by atoms with Crippen molar-refractivity contribution >= 4 is 21.9 Å². The van der Waals surface area contributed by atoms with Gasteiger partial charge < -0.3 is 10.4 Å². The predicted molar refractivity (Wildman–Crippen MR) is 86.5 cm³/mol. The van der Waals surface area contributed by atoms with Crippen molar-refractivity contribution in [1.29, 1.82) is 0 Å². The van der Waals surface area contributed by atoms with Crippen LogP contribution in [0.15, 0.2) is 18.2 Å². The Morgan fingerprint density at radius 1 is 1.26 bits per heavy atom. The molecule has 1 rings (SSSR count). The van der Waals surface area contributed by atoms with Crippen molar-refractivity contribution in [2.24, 2.45) is 0 Å². The molecule has 0 spiro atoms. The Hall–Kier alpha value is -1.93. The van der Waals surface area contributed by atoms with E-state index in [1.165, 1.54) is 14.0 Å². The van der Waals surface area contributed by atoms with Crippen molar-refractivity contribution in [2.75, 3.05) is 19.3 Å². The second-order valence-electron chi connectivity index (χ2n) is 5.34. The number of rotatable bonds is 7. The molecule has 2 N–H and O–H groups in total. The van der Waals surface area contributed by atoms with Crippen molar-refractivity contribution < 1.29 is 23.1 Å².